The Hall–Kier alpha value is -1.33. The van der Waals surface area contributed by atoms with E-state index in [1.54, 1.807) is 19.1 Å². The molecule has 0 aliphatic rings. The Balaban J connectivity index is 2.31. The molecule has 0 N–H and O–H groups in total. The molecule has 1 aromatic carbocycles. The first-order chi connectivity index (χ1) is 8.63. The molecule has 2 rings (SSSR count). The van der Waals surface area contributed by atoms with Crippen molar-refractivity contribution in [3.63, 3.8) is 0 Å². The van der Waals surface area contributed by atoms with Gasteiger partial charge in [-0.15, -0.1) is 11.3 Å². The molecule has 0 saturated heterocycles. The number of nitrogens with zero attached hydrogens (tertiary/aromatic N) is 1. The molecule has 0 saturated carbocycles. The lowest BCUT2D eigenvalue weighted by atomic mass is 10.2. The number of benzene rings is 1. The van der Waals surface area contributed by atoms with Crippen LogP contribution >= 0.6 is 27.3 Å². The second-order valence-corrected chi connectivity index (χ2v) is 6.10. The largest absolute Gasteiger partial charge is 0.495 e. The number of rotatable bonds is 3. The van der Waals surface area contributed by atoms with Crippen LogP contribution in [0.4, 0.5) is 5.69 Å². The predicted molar refractivity (Wildman–Crippen MR) is 77.7 cm³/mol. The number of hydrogen-bond acceptors (Lipinski definition) is 3. The Morgan fingerprint density at radius 1 is 1.28 bits per heavy atom. The molecule has 0 bridgehead atoms. The molecule has 0 aliphatic carbocycles. The van der Waals surface area contributed by atoms with Crippen molar-refractivity contribution < 1.29 is 9.53 Å². The molecular weight excluding hydrogens is 314 g/mol. The van der Waals surface area contributed by atoms with Crippen molar-refractivity contribution in [1.29, 1.82) is 0 Å². The van der Waals surface area contributed by atoms with Gasteiger partial charge in [-0.05, 0) is 40.2 Å². The summed E-state index contributed by atoms with van der Waals surface area (Å²) in [7, 11) is 3.34. The summed E-state index contributed by atoms with van der Waals surface area (Å²) >= 11 is 4.77. The predicted octanol–water partition coefficient (Wildman–Crippen LogP) is 3.80. The number of anilines is 1. The molecule has 0 radical (unpaired) electrons. The Kier molecular flexibility index (Phi) is 4.04. The van der Waals surface area contributed by atoms with Crippen molar-refractivity contribution in [2.75, 3.05) is 19.1 Å². The Morgan fingerprint density at radius 2 is 2.00 bits per heavy atom. The number of thiophene rings is 1. The topological polar surface area (TPSA) is 29.5 Å². The molecule has 1 heterocycles. The smallest absolute Gasteiger partial charge is 0.268 e. The van der Waals surface area contributed by atoms with Crippen molar-refractivity contribution in [1.82, 2.24) is 0 Å². The van der Waals surface area contributed by atoms with E-state index in [9.17, 15) is 4.79 Å². The molecule has 2 aromatic rings. The highest BCUT2D eigenvalue weighted by atomic mass is 79.9. The molecule has 0 aliphatic heterocycles. The minimum atomic E-state index is -0.0461. The summed E-state index contributed by atoms with van der Waals surface area (Å²) in [5.74, 6) is 0.638. The highest BCUT2D eigenvalue weighted by Gasteiger charge is 2.17. The summed E-state index contributed by atoms with van der Waals surface area (Å²) in [6.07, 6.45) is 0. The number of hydrogen-bond donors (Lipinski definition) is 0. The lowest BCUT2D eigenvalue weighted by molar-refractivity contribution is 0.0996. The fraction of sp³-hybridized carbons (Fsp3) is 0.154. The van der Waals surface area contributed by atoms with Gasteiger partial charge >= 0.3 is 0 Å². The van der Waals surface area contributed by atoms with Crippen molar-refractivity contribution in [3.05, 3.63) is 45.1 Å². The summed E-state index contributed by atoms with van der Waals surface area (Å²) in [6.45, 7) is 0. The number of halogens is 1. The zero-order chi connectivity index (χ0) is 13.1. The molecule has 0 fully saturated rings. The third kappa shape index (κ3) is 2.57. The molecule has 5 heteroatoms. The van der Waals surface area contributed by atoms with Crippen molar-refractivity contribution in [2.45, 2.75) is 0 Å². The van der Waals surface area contributed by atoms with Gasteiger partial charge in [0, 0.05) is 7.05 Å². The zero-order valence-corrected chi connectivity index (χ0v) is 12.4. The molecular formula is C13H12BrNO2S. The van der Waals surface area contributed by atoms with E-state index in [2.05, 4.69) is 15.9 Å². The van der Waals surface area contributed by atoms with Gasteiger partial charge in [0.25, 0.3) is 5.91 Å². The first kappa shape index (κ1) is 13.1. The maximum absolute atomic E-state index is 12.3. The van der Waals surface area contributed by atoms with E-state index in [4.69, 9.17) is 4.74 Å². The fourth-order valence-corrected chi connectivity index (χ4v) is 2.97. The van der Waals surface area contributed by atoms with Gasteiger partial charge in [0.05, 0.1) is 21.5 Å². The van der Waals surface area contributed by atoms with E-state index >= 15 is 0 Å². The van der Waals surface area contributed by atoms with Gasteiger partial charge in [0.2, 0.25) is 0 Å². The van der Waals surface area contributed by atoms with Crippen LogP contribution in [0.5, 0.6) is 5.75 Å². The standard InChI is InChI=1S/C13H12BrNO2S/c1-15(9-5-3-4-6-10(9)17-2)13(16)11-7-8-12(14)18-11/h3-8H,1-2H3. The van der Waals surface area contributed by atoms with Crippen LogP contribution in [0.15, 0.2) is 40.2 Å². The van der Waals surface area contributed by atoms with Crippen LogP contribution in [-0.2, 0) is 0 Å². The van der Waals surface area contributed by atoms with Gasteiger partial charge < -0.3 is 9.64 Å². The first-order valence-corrected chi connectivity index (χ1v) is 6.91. The lowest BCUT2D eigenvalue weighted by Gasteiger charge is -2.19. The Labute approximate surface area is 118 Å². The summed E-state index contributed by atoms with van der Waals surface area (Å²) in [4.78, 5) is 14.6. The number of methoxy groups -OCH3 is 1. The van der Waals surface area contributed by atoms with E-state index in [1.807, 2.05) is 36.4 Å². The van der Waals surface area contributed by atoms with E-state index in [-0.39, 0.29) is 5.91 Å². The molecule has 1 aromatic heterocycles. The summed E-state index contributed by atoms with van der Waals surface area (Å²) in [5, 5.41) is 0. The van der Waals surface area contributed by atoms with Crippen molar-refractivity contribution >= 4 is 38.9 Å². The number of para-hydroxylation sites is 2. The molecule has 18 heavy (non-hydrogen) atoms. The second-order valence-electron chi connectivity index (χ2n) is 3.64. The van der Waals surface area contributed by atoms with Gasteiger partial charge in [-0.3, -0.25) is 4.79 Å². The zero-order valence-electron chi connectivity index (χ0n) is 10.0. The van der Waals surface area contributed by atoms with Crippen LogP contribution in [0, 0.1) is 0 Å². The monoisotopic (exact) mass is 325 g/mol. The summed E-state index contributed by atoms with van der Waals surface area (Å²) < 4.78 is 6.20. The number of amides is 1. The molecule has 1 amide bonds. The quantitative estimate of drug-likeness (QED) is 0.859. The van der Waals surface area contributed by atoms with E-state index in [0.717, 1.165) is 9.47 Å². The number of carbonyl (C=O) groups excluding carboxylic acids is 1. The van der Waals surface area contributed by atoms with E-state index in [0.29, 0.717) is 10.6 Å². The van der Waals surface area contributed by atoms with Crippen molar-refractivity contribution in [2.24, 2.45) is 0 Å². The maximum Gasteiger partial charge on any atom is 0.268 e. The third-order valence-electron chi connectivity index (χ3n) is 2.54. The maximum atomic E-state index is 12.3. The van der Waals surface area contributed by atoms with Crippen LogP contribution < -0.4 is 9.64 Å². The SMILES string of the molecule is COc1ccccc1N(C)C(=O)c1ccc(Br)s1. The highest BCUT2D eigenvalue weighted by Crippen LogP contribution is 2.29. The average Bonchev–Trinajstić information content (AvgIpc) is 2.83. The average molecular weight is 326 g/mol. The molecule has 0 atom stereocenters. The van der Waals surface area contributed by atoms with E-state index in [1.165, 1.54) is 11.3 Å². The van der Waals surface area contributed by atoms with Gasteiger partial charge in [-0.1, -0.05) is 12.1 Å². The van der Waals surface area contributed by atoms with Crippen LogP contribution in [-0.4, -0.2) is 20.1 Å². The van der Waals surface area contributed by atoms with Crippen LogP contribution in [0.2, 0.25) is 0 Å². The molecule has 0 spiro atoms. The molecule has 3 nitrogen and oxygen atoms in total. The van der Waals surface area contributed by atoms with Crippen LogP contribution in [0.25, 0.3) is 0 Å². The number of carbonyl (C=O) groups is 1. The Bertz CT molecular complexity index is 568. The fourth-order valence-electron chi connectivity index (χ4n) is 1.61. The highest BCUT2D eigenvalue weighted by molar-refractivity contribution is 9.11. The second kappa shape index (κ2) is 5.54. The minimum absolute atomic E-state index is 0.0461. The van der Waals surface area contributed by atoms with Gasteiger partial charge in [0.1, 0.15) is 5.75 Å². The Morgan fingerprint density at radius 3 is 2.61 bits per heavy atom. The number of ether oxygens (including phenoxy) is 1. The van der Waals surface area contributed by atoms with Gasteiger partial charge in [0.15, 0.2) is 0 Å². The first-order valence-electron chi connectivity index (χ1n) is 5.30. The van der Waals surface area contributed by atoms with Gasteiger partial charge in [-0.2, -0.15) is 0 Å². The minimum Gasteiger partial charge on any atom is -0.495 e. The van der Waals surface area contributed by atoms with Gasteiger partial charge in [-0.25, -0.2) is 0 Å². The van der Waals surface area contributed by atoms with Crippen molar-refractivity contribution in [3.8, 4) is 5.75 Å². The van der Waals surface area contributed by atoms with E-state index < -0.39 is 0 Å². The van der Waals surface area contributed by atoms with Crippen LogP contribution in [0.3, 0.4) is 0 Å². The normalized spacial score (nSPS) is 10.2. The molecule has 0 unspecified atom stereocenters. The van der Waals surface area contributed by atoms with Crippen LogP contribution in [0.1, 0.15) is 9.67 Å². The summed E-state index contributed by atoms with van der Waals surface area (Å²) in [5.41, 5.74) is 0.759. The third-order valence-corrected chi connectivity index (χ3v) is 4.15. The lowest BCUT2D eigenvalue weighted by Crippen LogP contribution is -2.25. The molecule has 94 valence electrons. The summed E-state index contributed by atoms with van der Waals surface area (Å²) in [6, 6.07) is 11.1.